The summed E-state index contributed by atoms with van der Waals surface area (Å²) in [6.07, 6.45) is 7.13. The van der Waals surface area contributed by atoms with E-state index >= 15 is 0 Å². The van der Waals surface area contributed by atoms with Crippen molar-refractivity contribution in [2.24, 2.45) is 0 Å². The number of rotatable bonds is 6. The molecule has 32 heavy (non-hydrogen) atoms. The van der Waals surface area contributed by atoms with Gasteiger partial charge in [-0.2, -0.15) is 5.26 Å². The van der Waals surface area contributed by atoms with Crippen LogP contribution in [0, 0.1) is 11.3 Å². The number of nitrogens with one attached hydrogen (secondary N) is 2. The lowest BCUT2D eigenvalue weighted by atomic mass is 9.94. The maximum Gasteiger partial charge on any atom is 0.407 e. The Morgan fingerprint density at radius 1 is 1.28 bits per heavy atom. The van der Waals surface area contributed by atoms with Crippen LogP contribution in [0.25, 0.3) is 6.08 Å². The van der Waals surface area contributed by atoms with Crippen molar-refractivity contribution in [1.29, 1.82) is 5.26 Å². The molecule has 0 fully saturated rings. The van der Waals surface area contributed by atoms with Crippen LogP contribution in [0.2, 0.25) is 0 Å². The zero-order valence-corrected chi connectivity index (χ0v) is 18.0. The summed E-state index contributed by atoms with van der Waals surface area (Å²) in [7, 11) is 0. The van der Waals surface area contributed by atoms with E-state index < -0.39 is 6.09 Å². The van der Waals surface area contributed by atoms with E-state index in [-0.39, 0.29) is 12.0 Å². The van der Waals surface area contributed by atoms with E-state index in [1.54, 1.807) is 12.1 Å². The van der Waals surface area contributed by atoms with Gasteiger partial charge in [0.15, 0.2) is 0 Å². The number of fused-ring (bicyclic) bond motifs is 1. The average Bonchev–Trinajstić information content (AvgIpc) is 3.44. The van der Waals surface area contributed by atoms with Crippen LogP contribution in [0.1, 0.15) is 33.6 Å². The number of thiophene rings is 1. The highest BCUT2D eigenvalue weighted by Gasteiger charge is 2.28. The number of ether oxygens (including phenoxy) is 1. The first-order valence-corrected chi connectivity index (χ1v) is 11.0. The summed E-state index contributed by atoms with van der Waals surface area (Å²) >= 11 is 1.36. The van der Waals surface area contributed by atoms with Crippen molar-refractivity contribution in [2.75, 3.05) is 5.32 Å². The molecule has 1 unspecified atom stereocenters. The van der Waals surface area contributed by atoms with Gasteiger partial charge in [0, 0.05) is 29.5 Å². The zero-order valence-electron chi connectivity index (χ0n) is 17.2. The first-order valence-electron chi connectivity index (χ1n) is 10.2. The van der Waals surface area contributed by atoms with E-state index in [2.05, 4.69) is 16.7 Å². The fourth-order valence-corrected chi connectivity index (χ4v) is 4.79. The highest BCUT2D eigenvalue weighted by molar-refractivity contribution is 7.16. The number of nitrogens with zero attached hydrogens (tertiary/aromatic N) is 1. The SMILES string of the molecule is N#Cc1c(NC(=O)C=Cc2ccoc2)sc2c1CCC(OC(=O)NCc1ccccc1)C2. The van der Waals surface area contributed by atoms with Crippen LogP contribution in [0.15, 0.2) is 59.4 Å². The second-order valence-electron chi connectivity index (χ2n) is 7.31. The van der Waals surface area contributed by atoms with Crippen molar-refractivity contribution in [3.8, 4) is 6.07 Å². The number of nitriles is 1. The normalized spacial score (nSPS) is 15.0. The Labute approximate surface area is 189 Å². The quantitative estimate of drug-likeness (QED) is 0.535. The lowest BCUT2D eigenvalue weighted by molar-refractivity contribution is -0.111. The molecule has 8 heteroatoms. The van der Waals surface area contributed by atoms with E-state index in [1.165, 1.54) is 29.9 Å². The molecule has 1 aliphatic carbocycles. The second-order valence-corrected chi connectivity index (χ2v) is 8.41. The molecule has 162 valence electrons. The van der Waals surface area contributed by atoms with Crippen LogP contribution in [0.4, 0.5) is 9.80 Å². The van der Waals surface area contributed by atoms with Gasteiger partial charge < -0.3 is 19.8 Å². The lowest BCUT2D eigenvalue weighted by Gasteiger charge is -2.22. The standard InChI is InChI=1S/C24H21N3O4S/c25-13-20-19-8-7-18(31-24(29)26-14-16-4-2-1-3-5-16)12-21(19)32-23(20)27-22(28)9-6-17-10-11-30-15-17/h1-6,9-11,15,18H,7-8,12,14H2,(H,26,29)(H,27,28). The highest BCUT2D eigenvalue weighted by Crippen LogP contribution is 2.38. The average molecular weight is 448 g/mol. The molecule has 3 aromatic rings. The smallest absolute Gasteiger partial charge is 0.407 e. The lowest BCUT2D eigenvalue weighted by Crippen LogP contribution is -2.31. The van der Waals surface area contributed by atoms with E-state index in [0.29, 0.717) is 36.4 Å². The first kappa shape index (κ1) is 21.4. The summed E-state index contributed by atoms with van der Waals surface area (Å²) in [5, 5.41) is 15.7. The van der Waals surface area contributed by atoms with Crippen LogP contribution in [0.3, 0.4) is 0 Å². The third kappa shape index (κ3) is 5.25. The molecule has 0 saturated heterocycles. The van der Waals surface area contributed by atoms with Gasteiger partial charge in [0.2, 0.25) is 5.91 Å². The third-order valence-electron chi connectivity index (χ3n) is 5.09. The number of hydrogen-bond donors (Lipinski definition) is 2. The molecule has 0 spiro atoms. The van der Waals surface area contributed by atoms with Crippen LogP contribution < -0.4 is 10.6 Å². The Bertz CT molecular complexity index is 1160. The molecule has 0 aliphatic heterocycles. The summed E-state index contributed by atoms with van der Waals surface area (Å²) in [6, 6.07) is 13.6. The van der Waals surface area contributed by atoms with Gasteiger partial charge in [0.05, 0.1) is 18.1 Å². The molecule has 1 aromatic carbocycles. The largest absolute Gasteiger partial charge is 0.472 e. The molecule has 1 aliphatic rings. The molecule has 0 bridgehead atoms. The van der Waals surface area contributed by atoms with Gasteiger partial charge in [-0.05, 0) is 36.1 Å². The van der Waals surface area contributed by atoms with Crippen molar-refractivity contribution in [3.05, 3.63) is 82.1 Å². The first-order chi connectivity index (χ1) is 15.6. The molecule has 2 aromatic heterocycles. The molecular weight excluding hydrogens is 426 g/mol. The monoisotopic (exact) mass is 447 g/mol. The van der Waals surface area contributed by atoms with Gasteiger partial charge in [-0.15, -0.1) is 11.3 Å². The van der Waals surface area contributed by atoms with Crippen molar-refractivity contribution in [1.82, 2.24) is 5.32 Å². The summed E-state index contributed by atoms with van der Waals surface area (Å²) in [6.45, 7) is 0.401. The molecular formula is C24H21N3O4S. The Kier molecular flexibility index (Phi) is 6.68. The second kappa shape index (κ2) is 9.98. The summed E-state index contributed by atoms with van der Waals surface area (Å²) in [5.41, 5.74) is 3.18. The van der Waals surface area contributed by atoms with E-state index in [4.69, 9.17) is 9.15 Å². The number of amides is 2. The minimum absolute atomic E-state index is 0.270. The number of benzene rings is 1. The van der Waals surface area contributed by atoms with Crippen LogP contribution >= 0.6 is 11.3 Å². The molecule has 4 rings (SSSR count). The molecule has 1 atom stereocenters. The van der Waals surface area contributed by atoms with Crippen molar-refractivity contribution in [2.45, 2.75) is 31.9 Å². The van der Waals surface area contributed by atoms with E-state index in [9.17, 15) is 14.9 Å². The number of anilines is 1. The third-order valence-corrected chi connectivity index (χ3v) is 6.26. The number of carbonyl (C=O) groups is 2. The predicted molar refractivity (Wildman–Crippen MR) is 121 cm³/mol. The van der Waals surface area contributed by atoms with Gasteiger partial charge in [0.1, 0.15) is 17.2 Å². The van der Waals surface area contributed by atoms with Crippen molar-refractivity contribution >= 4 is 34.4 Å². The summed E-state index contributed by atoms with van der Waals surface area (Å²) in [4.78, 5) is 25.4. The Morgan fingerprint density at radius 3 is 2.88 bits per heavy atom. The Balaban J connectivity index is 1.36. The molecule has 2 N–H and O–H groups in total. The Morgan fingerprint density at radius 2 is 2.12 bits per heavy atom. The van der Waals surface area contributed by atoms with Gasteiger partial charge in [-0.3, -0.25) is 4.79 Å². The summed E-state index contributed by atoms with van der Waals surface area (Å²) < 4.78 is 10.5. The Hall–Kier alpha value is -3.83. The maximum atomic E-state index is 12.3. The highest BCUT2D eigenvalue weighted by atomic mass is 32.1. The van der Waals surface area contributed by atoms with Gasteiger partial charge in [-0.25, -0.2) is 4.79 Å². The van der Waals surface area contributed by atoms with Gasteiger partial charge in [0.25, 0.3) is 0 Å². The fraction of sp³-hybridized carbons (Fsp3) is 0.208. The number of hydrogen-bond acceptors (Lipinski definition) is 6. The molecule has 0 saturated carbocycles. The van der Waals surface area contributed by atoms with Crippen LogP contribution in [-0.4, -0.2) is 18.1 Å². The topological polar surface area (TPSA) is 104 Å². The molecule has 0 radical (unpaired) electrons. The number of furan rings is 1. The van der Waals surface area contributed by atoms with Crippen molar-refractivity contribution < 1.29 is 18.7 Å². The molecule has 2 heterocycles. The molecule has 2 amide bonds. The minimum atomic E-state index is -0.461. The van der Waals surface area contributed by atoms with Crippen molar-refractivity contribution in [3.63, 3.8) is 0 Å². The molecule has 7 nitrogen and oxygen atoms in total. The number of carbonyl (C=O) groups excluding carboxylic acids is 2. The number of alkyl carbamates (subject to hydrolysis) is 1. The minimum Gasteiger partial charge on any atom is -0.472 e. The van der Waals surface area contributed by atoms with Gasteiger partial charge >= 0.3 is 6.09 Å². The van der Waals surface area contributed by atoms with Crippen LogP contribution in [0.5, 0.6) is 0 Å². The summed E-state index contributed by atoms with van der Waals surface area (Å²) in [5.74, 6) is -0.325. The van der Waals surface area contributed by atoms with E-state index in [1.807, 2.05) is 30.3 Å². The maximum absolute atomic E-state index is 12.3. The zero-order chi connectivity index (χ0) is 22.3. The van der Waals surface area contributed by atoms with E-state index in [0.717, 1.165) is 21.6 Å². The predicted octanol–water partition coefficient (Wildman–Crippen LogP) is 4.65. The van der Waals surface area contributed by atoms with Gasteiger partial charge in [-0.1, -0.05) is 30.3 Å². The fourth-order valence-electron chi connectivity index (χ4n) is 3.52. The van der Waals surface area contributed by atoms with Crippen LogP contribution in [-0.2, 0) is 28.9 Å².